The number of nitrogens with zero attached hydrogens (tertiary/aromatic N) is 1. The van der Waals surface area contributed by atoms with Crippen molar-refractivity contribution in [2.45, 2.75) is 51.9 Å². The highest BCUT2D eigenvalue weighted by molar-refractivity contribution is 7.07. The minimum Gasteiger partial charge on any atom is -0.179 e. The van der Waals surface area contributed by atoms with Crippen LogP contribution in [0.5, 0.6) is 0 Å². The molecule has 0 bridgehead atoms. The smallest absolute Gasteiger partial charge is 0.161 e. The molecule has 0 aromatic carbocycles. The highest BCUT2D eigenvalue weighted by Crippen LogP contribution is 2.42. The number of aromatic nitrogens is 1. The van der Waals surface area contributed by atoms with Crippen LogP contribution in [-0.4, -0.2) is 4.37 Å². The van der Waals surface area contributed by atoms with Crippen LogP contribution in [0.25, 0.3) is 0 Å². The van der Waals surface area contributed by atoms with E-state index in [1.165, 1.54) is 24.4 Å². The Morgan fingerprint density at radius 1 is 1.33 bits per heavy atom. The second-order valence-electron chi connectivity index (χ2n) is 4.13. The molecular weight excluding hydrogens is 249 g/mol. The molecule has 0 aliphatic rings. The fraction of sp³-hybridized carbons (Fsp3) is 0.727. The Bertz CT molecular complexity index is 324. The van der Waals surface area contributed by atoms with Gasteiger partial charge in [-0.25, -0.2) is 0 Å². The van der Waals surface area contributed by atoms with E-state index in [4.69, 9.17) is 23.2 Å². The molecular formula is C11H17Cl2NS. The zero-order valence-corrected chi connectivity index (χ0v) is 11.8. The van der Waals surface area contributed by atoms with Gasteiger partial charge in [-0.1, -0.05) is 56.8 Å². The SMILES string of the molecule is CCCCC(C)(CC)c1snc(Cl)c1Cl. The molecule has 1 unspecified atom stereocenters. The quantitative estimate of drug-likeness (QED) is 0.704. The predicted octanol–water partition coefficient (Wildman–Crippen LogP) is 5.31. The van der Waals surface area contributed by atoms with Gasteiger partial charge < -0.3 is 0 Å². The Balaban J connectivity index is 2.95. The summed E-state index contributed by atoms with van der Waals surface area (Å²) >= 11 is 13.5. The van der Waals surface area contributed by atoms with E-state index in [0.717, 1.165) is 17.7 Å². The molecule has 1 nitrogen and oxygen atoms in total. The van der Waals surface area contributed by atoms with Crippen LogP contribution in [0, 0.1) is 0 Å². The van der Waals surface area contributed by atoms with Crippen LogP contribution in [-0.2, 0) is 5.41 Å². The summed E-state index contributed by atoms with van der Waals surface area (Å²) in [6.45, 7) is 6.65. The molecule has 4 heteroatoms. The van der Waals surface area contributed by atoms with Gasteiger partial charge >= 0.3 is 0 Å². The fourth-order valence-corrected chi connectivity index (χ4v) is 3.24. The number of halogens is 2. The van der Waals surface area contributed by atoms with E-state index in [1.54, 1.807) is 0 Å². The summed E-state index contributed by atoms with van der Waals surface area (Å²) in [6.07, 6.45) is 4.65. The third kappa shape index (κ3) is 2.86. The highest BCUT2D eigenvalue weighted by Gasteiger charge is 2.29. The fourth-order valence-electron chi connectivity index (χ4n) is 1.65. The van der Waals surface area contributed by atoms with E-state index < -0.39 is 0 Å². The summed E-state index contributed by atoms with van der Waals surface area (Å²) in [6, 6.07) is 0. The summed E-state index contributed by atoms with van der Waals surface area (Å²) in [7, 11) is 0. The first-order chi connectivity index (χ1) is 7.05. The summed E-state index contributed by atoms with van der Waals surface area (Å²) in [5.41, 5.74) is 0.137. The van der Waals surface area contributed by atoms with Crippen LogP contribution in [0.15, 0.2) is 0 Å². The van der Waals surface area contributed by atoms with Crippen molar-refractivity contribution in [1.29, 1.82) is 0 Å². The minimum absolute atomic E-state index is 0.137. The Hall–Kier alpha value is 0.210. The molecule has 0 fully saturated rings. The van der Waals surface area contributed by atoms with Gasteiger partial charge in [-0.15, -0.1) is 0 Å². The van der Waals surface area contributed by atoms with Crippen LogP contribution in [0.2, 0.25) is 10.2 Å². The van der Waals surface area contributed by atoms with Crippen LogP contribution in [0.4, 0.5) is 0 Å². The van der Waals surface area contributed by atoms with Gasteiger partial charge in [0, 0.05) is 5.41 Å². The molecule has 1 heterocycles. The molecule has 0 aliphatic heterocycles. The largest absolute Gasteiger partial charge is 0.179 e. The maximum atomic E-state index is 6.17. The van der Waals surface area contributed by atoms with E-state index in [0.29, 0.717) is 10.2 Å². The van der Waals surface area contributed by atoms with Crippen molar-refractivity contribution in [2.24, 2.45) is 0 Å². The van der Waals surface area contributed by atoms with E-state index in [-0.39, 0.29) is 5.41 Å². The average Bonchev–Trinajstić information content (AvgIpc) is 2.57. The van der Waals surface area contributed by atoms with Crippen molar-refractivity contribution in [1.82, 2.24) is 4.37 Å². The van der Waals surface area contributed by atoms with Crippen molar-refractivity contribution >= 4 is 34.7 Å². The van der Waals surface area contributed by atoms with Crippen molar-refractivity contribution in [2.75, 3.05) is 0 Å². The van der Waals surface area contributed by atoms with Gasteiger partial charge in [-0.3, -0.25) is 0 Å². The first-order valence-corrected chi connectivity index (χ1v) is 6.89. The molecule has 0 radical (unpaired) electrons. The molecule has 0 N–H and O–H groups in total. The van der Waals surface area contributed by atoms with E-state index >= 15 is 0 Å². The summed E-state index contributed by atoms with van der Waals surface area (Å²) in [5, 5.41) is 1.11. The van der Waals surface area contributed by atoms with Crippen molar-refractivity contribution in [3.05, 3.63) is 15.1 Å². The third-order valence-corrected chi connectivity index (χ3v) is 5.11. The Morgan fingerprint density at radius 2 is 2.00 bits per heavy atom. The lowest BCUT2D eigenvalue weighted by Gasteiger charge is -2.26. The normalized spacial score (nSPS) is 15.3. The van der Waals surface area contributed by atoms with Gasteiger partial charge in [-0.05, 0) is 24.4 Å². The summed E-state index contributed by atoms with van der Waals surface area (Å²) in [4.78, 5) is 1.14. The van der Waals surface area contributed by atoms with Crippen LogP contribution in [0.3, 0.4) is 0 Å². The molecule has 1 rings (SSSR count). The van der Waals surface area contributed by atoms with Gasteiger partial charge in [0.05, 0.1) is 9.90 Å². The molecule has 1 aromatic rings. The van der Waals surface area contributed by atoms with Crippen LogP contribution >= 0.6 is 34.7 Å². The molecule has 15 heavy (non-hydrogen) atoms. The summed E-state index contributed by atoms with van der Waals surface area (Å²) < 4.78 is 4.11. The second kappa shape index (κ2) is 5.51. The number of hydrogen-bond donors (Lipinski definition) is 0. The third-order valence-electron chi connectivity index (χ3n) is 3.01. The van der Waals surface area contributed by atoms with Gasteiger partial charge in [0.25, 0.3) is 0 Å². The average molecular weight is 266 g/mol. The topological polar surface area (TPSA) is 12.9 Å². The standard InChI is InChI=1S/C11H17Cl2NS/c1-4-6-7-11(3,5-2)9-8(12)10(13)14-15-9/h4-7H2,1-3H3. The Kier molecular flexibility index (Phi) is 4.88. The molecule has 86 valence electrons. The van der Waals surface area contributed by atoms with Gasteiger partial charge in [0.2, 0.25) is 0 Å². The second-order valence-corrected chi connectivity index (χ2v) is 5.64. The lowest BCUT2D eigenvalue weighted by molar-refractivity contribution is 0.411. The van der Waals surface area contributed by atoms with E-state index in [1.807, 2.05) is 0 Å². The van der Waals surface area contributed by atoms with Crippen molar-refractivity contribution in [3.8, 4) is 0 Å². The van der Waals surface area contributed by atoms with Gasteiger partial charge in [0.1, 0.15) is 0 Å². The molecule has 1 aromatic heterocycles. The lowest BCUT2D eigenvalue weighted by Crippen LogP contribution is -2.19. The van der Waals surface area contributed by atoms with Crippen molar-refractivity contribution in [3.63, 3.8) is 0 Å². The van der Waals surface area contributed by atoms with E-state index in [2.05, 4.69) is 25.1 Å². The van der Waals surface area contributed by atoms with Gasteiger partial charge in [-0.2, -0.15) is 4.37 Å². The predicted molar refractivity (Wildman–Crippen MR) is 69.3 cm³/mol. The molecule has 0 aliphatic carbocycles. The first-order valence-electron chi connectivity index (χ1n) is 5.36. The molecule has 0 spiro atoms. The molecule has 0 saturated carbocycles. The van der Waals surface area contributed by atoms with Crippen LogP contribution < -0.4 is 0 Å². The van der Waals surface area contributed by atoms with Crippen molar-refractivity contribution < 1.29 is 0 Å². The monoisotopic (exact) mass is 265 g/mol. The Morgan fingerprint density at radius 3 is 2.40 bits per heavy atom. The minimum atomic E-state index is 0.137. The van der Waals surface area contributed by atoms with Gasteiger partial charge in [0.15, 0.2) is 5.15 Å². The number of hydrogen-bond acceptors (Lipinski definition) is 2. The maximum Gasteiger partial charge on any atom is 0.161 e. The molecule has 0 amide bonds. The zero-order chi connectivity index (χ0) is 11.5. The maximum absolute atomic E-state index is 6.17. The zero-order valence-electron chi connectivity index (χ0n) is 9.44. The number of unbranched alkanes of at least 4 members (excludes halogenated alkanes) is 1. The highest BCUT2D eigenvalue weighted by atomic mass is 35.5. The molecule has 0 saturated heterocycles. The van der Waals surface area contributed by atoms with Crippen LogP contribution in [0.1, 0.15) is 51.3 Å². The first kappa shape index (κ1) is 13.3. The Labute approximate surface area is 106 Å². The molecule has 1 atom stereocenters. The van der Waals surface area contributed by atoms with E-state index in [9.17, 15) is 0 Å². The lowest BCUT2D eigenvalue weighted by atomic mass is 9.81. The number of rotatable bonds is 5. The summed E-state index contributed by atoms with van der Waals surface area (Å²) in [5.74, 6) is 0.